The molecule has 33 heavy (non-hydrogen) atoms. The molecule has 3 aromatic rings. The summed E-state index contributed by atoms with van der Waals surface area (Å²) in [5.41, 5.74) is 0.996. The Labute approximate surface area is 194 Å². The standard InChI is InChI=1S/C22H25FN6O3S/c1-22(2,3)32-21(31)26-15-4-6-29(12-15)19(30)17-18-16(5-7-33-18)27-20(28-17)25-10-13-8-14(23)11-24-9-13/h5,7-9,11,15H,4,6,10,12H2,1-3H3,(H,26,31)(H,25,27,28)/t15-/m0/s1. The number of anilines is 1. The summed E-state index contributed by atoms with van der Waals surface area (Å²) >= 11 is 1.39. The summed E-state index contributed by atoms with van der Waals surface area (Å²) in [6.07, 6.45) is 2.81. The van der Waals surface area contributed by atoms with Gasteiger partial charge < -0.3 is 20.3 Å². The van der Waals surface area contributed by atoms with E-state index in [1.54, 1.807) is 31.9 Å². The van der Waals surface area contributed by atoms with E-state index in [-0.39, 0.29) is 24.4 Å². The van der Waals surface area contributed by atoms with Gasteiger partial charge in [-0.05, 0) is 50.3 Å². The fraction of sp³-hybridized carbons (Fsp3) is 0.409. The Hall–Kier alpha value is -3.34. The molecule has 4 heterocycles. The van der Waals surface area contributed by atoms with Crippen LogP contribution in [0.1, 0.15) is 43.2 Å². The van der Waals surface area contributed by atoms with E-state index in [0.717, 1.165) is 6.20 Å². The highest BCUT2D eigenvalue weighted by Gasteiger charge is 2.31. The molecule has 2 amide bonds. The van der Waals surface area contributed by atoms with Gasteiger partial charge in [-0.25, -0.2) is 19.2 Å². The lowest BCUT2D eigenvalue weighted by Gasteiger charge is -2.22. The normalized spacial score (nSPS) is 16.1. The van der Waals surface area contributed by atoms with E-state index in [4.69, 9.17) is 4.74 Å². The second-order valence-electron chi connectivity index (χ2n) is 8.78. The number of hydrogen-bond donors (Lipinski definition) is 2. The topological polar surface area (TPSA) is 109 Å². The number of fused-ring (bicyclic) bond motifs is 1. The summed E-state index contributed by atoms with van der Waals surface area (Å²) in [4.78, 5) is 39.8. The molecule has 4 rings (SSSR count). The molecule has 11 heteroatoms. The molecule has 9 nitrogen and oxygen atoms in total. The van der Waals surface area contributed by atoms with E-state index in [2.05, 4.69) is 25.6 Å². The molecular weight excluding hydrogens is 447 g/mol. The fourth-order valence-corrected chi connectivity index (χ4v) is 4.32. The molecule has 2 N–H and O–H groups in total. The highest BCUT2D eigenvalue weighted by atomic mass is 32.1. The summed E-state index contributed by atoms with van der Waals surface area (Å²) < 4.78 is 19.4. The van der Waals surface area contributed by atoms with Crippen LogP contribution in [-0.2, 0) is 11.3 Å². The zero-order valence-corrected chi connectivity index (χ0v) is 19.4. The number of halogens is 1. The van der Waals surface area contributed by atoms with Crippen molar-refractivity contribution in [3.05, 3.63) is 47.0 Å². The predicted molar refractivity (Wildman–Crippen MR) is 123 cm³/mol. The molecular formula is C22H25FN6O3S. The van der Waals surface area contributed by atoms with Crippen LogP contribution >= 0.6 is 11.3 Å². The predicted octanol–water partition coefficient (Wildman–Crippen LogP) is 3.58. The minimum absolute atomic E-state index is 0.192. The van der Waals surface area contributed by atoms with Crippen molar-refractivity contribution < 1.29 is 18.7 Å². The van der Waals surface area contributed by atoms with Crippen molar-refractivity contribution in [2.45, 2.75) is 45.4 Å². The van der Waals surface area contributed by atoms with Gasteiger partial charge in [-0.2, -0.15) is 0 Å². The third-order valence-corrected chi connectivity index (χ3v) is 5.82. The smallest absolute Gasteiger partial charge is 0.407 e. The van der Waals surface area contributed by atoms with Crippen molar-refractivity contribution in [1.29, 1.82) is 0 Å². The monoisotopic (exact) mass is 472 g/mol. The maximum absolute atomic E-state index is 13.4. The Morgan fingerprint density at radius 1 is 1.30 bits per heavy atom. The van der Waals surface area contributed by atoms with Gasteiger partial charge in [0.25, 0.3) is 5.91 Å². The third-order valence-electron chi connectivity index (χ3n) is 4.91. The lowest BCUT2D eigenvalue weighted by molar-refractivity contribution is 0.0502. The summed E-state index contributed by atoms with van der Waals surface area (Å²) in [5, 5.41) is 7.72. The van der Waals surface area contributed by atoms with Crippen LogP contribution in [-0.4, -0.2) is 56.6 Å². The van der Waals surface area contributed by atoms with Crippen LogP contribution in [0.3, 0.4) is 0 Å². The molecule has 0 aliphatic carbocycles. The summed E-state index contributed by atoms with van der Waals surface area (Å²) in [6, 6.07) is 3.00. The number of carbonyl (C=O) groups is 2. The zero-order chi connectivity index (χ0) is 23.6. The number of hydrogen-bond acceptors (Lipinski definition) is 8. The molecule has 0 bridgehead atoms. The van der Waals surface area contributed by atoms with E-state index >= 15 is 0 Å². The van der Waals surface area contributed by atoms with Crippen molar-refractivity contribution in [1.82, 2.24) is 25.2 Å². The van der Waals surface area contributed by atoms with Crippen LogP contribution in [0.4, 0.5) is 15.1 Å². The number of amides is 2. The molecule has 0 radical (unpaired) electrons. The molecule has 0 unspecified atom stereocenters. The first kappa shape index (κ1) is 22.8. The highest BCUT2D eigenvalue weighted by Crippen LogP contribution is 2.26. The molecule has 174 valence electrons. The van der Waals surface area contributed by atoms with Crippen molar-refractivity contribution in [2.24, 2.45) is 0 Å². The SMILES string of the molecule is CC(C)(C)OC(=O)N[C@H]1CCN(C(=O)c2nc(NCc3cncc(F)c3)nc3ccsc23)C1. The first-order valence-corrected chi connectivity index (χ1v) is 11.4. The number of nitrogens with zero attached hydrogens (tertiary/aromatic N) is 4. The number of thiophene rings is 1. The van der Waals surface area contributed by atoms with Crippen LogP contribution in [0, 0.1) is 5.82 Å². The van der Waals surface area contributed by atoms with Crippen molar-refractivity contribution >= 4 is 39.5 Å². The van der Waals surface area contributed by atoms with Crippen LogP contribution < -0.4 is 10.6 Å². The number of likely N-dealkylation sites (tertiary alicyclic amines) is 1. The van der Waals surface area contributed by atoms with Gasteiger partial charge in [0.2, 0.25) is 5.95 Å². The van der Waals surface area contributed by atoms with Gasteiger partial charge in [-0.1, -0.05) is 0 Å². The molecule has 0 saturated carbocycles. The summed E-state index contributed by atoms with van der Waals surface area (Å²) in [7, 11) is 0. The second-order valence-corrected chi connectivity index (χ2v) is 9.69. The largest absolute Gasteiger partial charge is 0.444 e. The number of alkyl carbamates (subject to hydrolysis) is 1. The Kier molecular flexibility index (Phi) is 6.41. The lowest BCUT2D eigenvalue weighted by atomic mass is 10.2. The molecule has 1 fully saturated rings. The zero-order valence-electron chi connectivity index (χ0n) is 18.6. The maximum Gasteiger partial charge on any atom is 0.407 e. The van der Waals surface area contributed by atoms with E-state index in [9.17, 15) is 14.0 Å². The number of pyridine rings is 1. The number of aromatic nitrogens is 3. The van der Waals surface area contributed by atoms with Crippen LogP contribution in [0.5, 0.6) is 0 Å². The van der Waals surface area contributed by atoms with E-state index in [1.807, 2.05) is 11.4 Å². The number of nitrogens with one attached hydrogen (secondary N) is 2. The van der Waals surface area contributed by atoms with Gasteiger partial charge in [0.05, 0.1) is 22.5 Å². The van der Waals surface area contributed by atoms with Gasteiger partial charge in [0, 0.05) is 25.8 Å². The molecule has 3 aromatic heterocycles. The molecule has 0 spiro atoms. The molecule has 1 atom stereocenters. The van der Waals surface area contributed by atoms with Crippen molar-refractivity contribution in [2.75, 3.05) is 18.4 Å². The Bertz CT molecular complexity index is 1180. The van der Waals surface area contributed by atoms with E-state index < -0.39 is 17.5 Å². The van der Waals surface area contributed by atoms with Crippen molar-refractivity contribution in [3.63, 3.8) is 0 Å². The quantitative estimate of drug-likeness (QED) is 0.584. The van der Waals surface area contributed by atoms with Gasteiger partial charge in [0.1, 0.15) is 11.4 Å². The molecule has 1 saturated heterocycles. The minimum Gasteiger partial charge on any atom is -0.444 e. The molecule has 1 aliphatic heterocycles. The van der Waals surface area contributed by atoms with E-state index in [1.165, 1.54) is 17.4 Å². The first-order valence-electron chi connectivity index (χ1n) is 10.6. The van der Waals surface area contributed by atoms with Gasteiger partial charge in [0.15, 0.2) is 5.69 Å². The lowest BCUT2D eigenvalue weighted by Crippen LogP contribution is -2.41. The number of rotatable bonds is 5. The van der Waals surface area contributed by atoms with Gasteiger partial charge >= 0.3 is 6.09 Å². The Balaban J connectivity index is 1.46. The maximum atomic E-state index is 13.4. The first-order chi connectivity index (χ1) is 15.7. The summed E-state index contributed by atoms with van der Waals surface area (Å²) in [5.74, 6) is -0.382. The van der Waals surface area contributed by atoms with Gasteiger partial charge in [-0.15, -0.1) is 11.3 Å². The van der Waals surface area contributed by atoms with Crippen LogP contribution in [0.2, 0.25) is 0 Å². The number of ether oxygens (including phenoxy) is 1. The van der Waals surface area contributed by atoms with Crippen LogP contribution in [0.15, 0.2) is 29.9 Å². The Morgan fingerprint density at radius 2 is 2.12 bits per heavy atom. The highest BCUT2D eigenvalue weighted by molar-refractivity contribution is 7.17. The minimum atomic E-state index is -0.588. The molecule has 0 aromatic carbocycles. The van der Waals surface area contributed by atoms with E-state index in [0.29, 0.717) is 41.0 Å². The fourth-order valence-electron chi connectivity index (χ4n) is 3.51. The third kappa shape index (κ3) is 5.72. The summed E-state index contributed by atoms with van der Waals surface area (Å²) in [6.45, 7) is 6.53. The second kappa shape index (κ2) is 9.26. The number of carbonyl (C=O) groups excluding carboxylic acids is 2. The van der Waals surface area contributed by atoms with Crippen molar-refractivity contribution in [3.8, 4) is 0 Å². The average molecular weight is 473 g/mol. The average Bonchev–Trinajstić information content (AvgIpc) is 3.39. The Morgan fingerprint density at radius 3 is 2.88 bits per heavy atom. The van der Waals surface area contributed by atoms with Gasteiger partial charge in [-0.3, -0.25) is 9.78 Å². The molecule has 1 aliphatic rings. The van der Waals surface area contributed by atoms with Crippen LogP contribution in [0.25, 0.3) is 10.2 Å².